The Balaban J connectivity index is 1.31. The van der Waals surface area contributed by atoms with Gasteiger partial charge in [0.2, 0.25) is 0 Å². The molecule has 0 saturated heterocycles. The van der Waals surface area contributed by atoms with Gasteiger partial charge in [-0.3, -0.25) is 0 Å². The average molecular weight is 562 g/mol. The summed E-state index contributed by atoms with van der Waals surface area (Å²) in [6.45, 7) is 3.99. The largest absolute Gasteiger partial charge is 0.489 e. The maximum absolute atomic E-state index is 9.20. The summed E-state index contributed by atoms with van der Waals surface area (Å²) in [5.74, 6) is 2.19. The fraction of sp³-hybridized carbons (Fsp3) is 0.147. The third kappa shape index (κ3) is 7.44. The van der Waals surface area contributed by atoms with E-state index < -0.39 is 0 Å². The molecule has 4 aromatic carbocycles. The topological polar surface area (TPSA) is 70.7 Å². The van der Waals surface area contributed by atoms with Crippen LogP contribution in [0.2, 0.25) is 0 Å². The van der Waals surface area contributed by atoms with Gasteiger partial charge in [-0.05, 0) is 78.2 Å². The summed E-state index contributed by atoms with van der Waals surface area (Å²) in [6, 6.07) is 34.0. The second kappa shape index (κ2) is 13.5. The van der Waals surface area contributed by atoms with Crippen molar-refractivity contribution in [1.82, 2.24) is 0 Å². The van der Waals surface area contributed by atoms with Crippen molar-refractivity contribution in [2.24, 2.45) is 0 Å². The second-order valence-corrected chi connectivity index (χ2v) is 10.2. The molecule has 0 radical (unpaired) electrons. The van der Waals surface area contributed by atoms with Crippen LogP contribution in [0.1, 0.15) is 27.8 Å². The normalized spacial score (nSPS) is 10.6. The highest BCUT2D eigenvalue weighted by Crippen LogP contribution is 2.31. The van der Waals surface area contributed by atoms with Gasteiger partial charge in [-0.1, -0.05) is 48.3 Å². The zero-order valence-electron chi connectivity index (χ0n) is 23.0. The van der Waals surface area contributed by atoms with Crippen molar-refractivity contribution < 1.29 is 13.9 Å². The van der Waals surface area contributed by atoms with Crippen molar-refractivity contribution in [2.45, 2.75) is 26.6 Å². The Labute approximate surface area is 245 Å². The molecule has 5 rings (SSSR count). The zero-order valence-corrected chi connectivity index (χ0v) is 23.9. The summed E-state index contributed by atoms with van der Waals surface area (Å²) < 4.78 is 20.5. The summed E-state index contributed by atoms with van der Waals surface area (Å²) >= 11 is 1.58. The minimum absolute atomic E-state index is 0.434. The first-order valence-electron chi connectivity index (χ1n) is 13.2. The van der Waals surface area contributed by atoms with Crippen molar-refractivity contribution in [3.05, 3.63) is 137 Å². The summed E-state index contributed by atoms with van der Waals surface area (Å²) in [6.07, 6.45) is 5.33. The number of nitrogens with zero attached hydrogens (tertiary/aromatic N) is 2. The third-order valence-electron chi connectivity index (χ3n) is 6.64. The van der Waals surface area contributed by atoms with E-state index in [-0.39, 0.29) is 0 Å². The van der Waals surface area contributed by atoms with Gasteiger partial charge >= 0.3 is 0 Å². The number of benzene rings is 4. The van der Waals surface area contributed by atoms with E-state index in [9.17, 15) is 5.26 Å². The SMILES string of the molecule is CSNc1cccc(N(Cc2ccc(C#N)cc2)Cc2ccc(Oc3cccc(OCc4ccoc4)c3)cc2)c1C. The Morgan fingerprint density at radius 1 is 0.829 bits per heavy atom. The second-order valence-electron chi connectivity index (χ2n) is 9.56. The Kier molecular flexibility index (Phi) is 9.15. The number of hydrogen-bond acceptors (Lipinski definition) is 7. The van der Waals surface area contributed by atoms with Crippen LogP contribution in [0.5, 0.6) is 17.2 Å². The lowest BCUT2D eigenvalue weighted by Gasteiger charge is -2.28. The van der Waals surface area contributed by atoms with E-state index in [1.165, 1.54) is 5.56 Å². The molecule has 0 aliphatic carbocycles. The van der Waals surface area contributed by atoms with E-state index in [2.05, 4.69) is 52.9 Å². The highest BCUT2D eigenvalue weighted by molar-refractivity contribution is 7.99. The number of furan rings is 1. The molecule has 6 nitrogen and oxygen atoms in total. The van der Waals surface area contributed by atoms with E-state index in [0.717, 1.165) is 39.6 Å². The van der Waals surface area contributed by atoms with Gasteiger partial charge in [-0.15, -0.1) is 0 Å². The fourth-order valence-electron chi connectivity index (χ4n) is 4.51. The Morgan fingerprint density at radius 2 is 1.54 bits per heavy atom. The number of anilines is 2. The molecule has 0 bridgehead atoms. The molecular formula is C34H31N3O3S. The molecule has 1 N–H and O–H groups in total. The lowest BCUT2D eigenvalue weighted by atomic mass is 10.1. The van der Waals surface area contributed by atoms with Gasteiger partial charge in [0.15, 0.2) is 0 Å². The highest BCUT2D eigenvalue weighted by atomic mass is 32.2. The van der Waals surface area contributed by atoms with Gasteiger partial charge in [0.05, 0.1) is 24.2 Å². The van der Waals surface area contributed by atoms with Crippen LogP contribution in [0, 0.1) is 18.3 Å². The molecule has 0 aliphatic rings. The van der Waals surface area contributed by atoms with Crippen LogP contribution in [0.3, 0.4) is 0 Å². The van der Waals surface area contributed by atoms with E-state index in [4.69, 9.17) is 13.9 Å². The van der Waals surface area contributed by atoms with Crippen LogP contribution in [0.25, 0.3) is 0 Å². The van der Waals surface area contributed by atoms with Gasteiger partial charge in [-0.25, -0.2) is 0 Å². The number of nitrogens with one attached hydrogen (secondary N) is 1. The van der Waals surface area contributed by atoms with E-state index in [0.29, 0.717) is 31.0 Å². The van der Waals surface area contributed by atoms with Crippen molar-refractivity contribution >= 4 is 23.3 Å². The van der Waals surface area contributed by atoms with Crippen LogP contribution in [0.4, 0.5) is 11.4 Å². The van der Waals surface area contributed by atoms with E-state index >= 15 is 0 Å². The zero-order chi connectivity index (χ0) is 28.4. The summed E-state index contributed by atoms with van der Waals surface area (Å²) in [5, 5.41) is 9.20. The monoisotopic (exact) mass is 561 g/mol. The lowest BCUT2D eigenvalue weighted by molar-refractivity contribution is 0.303. The van der Waals surface area contributed by atoms with Crippen molar-refractivity contribution in [3.8, 4) is 23.3 Å². The molecule has 0 amide bonds. The average Bonchev–Trinajstić information content (AvgIpc) is 3.53. The quantitative estimate of drug-likeness (QED) is 0.153. The van der Waals surface area contributed by atoms with Crippen LogP contribution >= 0.6 is 11.9 Å². The minimum atomic E-state index is 0.434. The predicted octanol–water partition coefficient (Wildman–Crippen LogP) is 8.73. The van der Waals surface area contributed by atoms with Crippen LogP contribution in [-0.4, -0.2) is 6.26 Å². The van der Waals surface area contributed by atoms with E-state index in [1.807, 2.05) is 73.0 Å². The van der Waals surface area contributed by atoms with Gasteiger partial charge in [0.25, 0.3) is 0 Å². The number of nitriles is 1. The molecule has 0 fully saturated rings. The first-order valence-corrected chi connectivity index (χ1v) is 14.5. The minimum Gasteiger partial charge on any atom is -0.489 e. The number of ether oxygens (including phenoxy) is 2. The highest BCUT2D eigenvalue weighted by Gasteiger charge is 2.14. The Morgan fingerprint density at radius 3 is 2.22 bits per heavy atom. The first-order chi connectivity index (χ1) is 20.1. The van der Waals surface area contributed by atoms with Crippen molar-refractivity contribution in [3.63, 3.8) is 0 Å². The van der Waals surface area contributed by atoms with Crippen LogP contribution in [0.15, 0.2) is 114 Å². The molecule has 0 spiro atoms. The molecule has 0 unspecified atom stereocenters. The molecule has 41 heavy (non-hydrogen) atoms. The molecule has 7 heteroatoms. The van der Waals surface area contributed by atoms with Gasteiger partial charge in [0, 0.05) is 42.3 Å². The summed E-state index contributed by atoms with van der Waals surface area (Å²) in [4.78, 5) is 2.36. The molecule has 0 aliphatic heterocycles. The molecular weight excluding hydrogens is 530 g/mol. The molecule has 5 aromatic rings. The molecule has 0 saturated carbocycles. The van der Waals surface area contributed by atoms with Gasteiger partial charge in [0.1, 0.15) is 23.9 Å². The maximum Gasteiger partial charge on any atom is 0.131 e. The maximum atomic E-state index is 9.20. The lowest BCUT2D eigenvalue weighted by Crippen LogP contribution is -2.23. The predicted molar refractivity (Wildman–Crippen MR) is 165 cm³/mol. The van der Waals surface area contributed by atoms with E-state index in [1.54, 1.807) is 24.5 Å². The third-order valence-corrected chi connectivity index (χ3v) is 7.06. The molecule has 206 valence electrons. The Hall–Kier alpha value is -4.80. The first kappa shape index (κ1) is 27.8. The molecule has 1 aromatic heterocycles. The number of hydrogen-bond donors (Lipinski definition) is 1. The summed E-state index contributed by atoms with van der Waals surface area (Å²) in [5.41, 5.74) is 7.37. The fourth-order valence-corrected chi connectivity index (χ4v) is 4.95. The van der Waals surface area contributed by atoms with Gasteiger partial charge < -0.3 is 23.5 Å². The number of rotatable bonds is 12. The van der Waals surface area contributed by atoms with Crippen LogP contribution < -0.4 is 19.1 Å². The molecule has 0 atom stereocenters. The van der Waals surface area contributed by atoms with Crippen LogP contribution in [-0.2, 0) is 19.7 Å². The standard InChI is InChI=1S/C34H31N3O3S/c1-25-33(36-41-2)7-4-8-34(25)37(21-27-11-9-26(20-35)10-12-27)22-28-13-15-30(16-14-28)40-32-6-3-5-31(19-32)39-24-29-17-18-38-23-29/h3-19,23,36H,21-22,24H2,1-2H3. The van der Waals surface area contributed by atoms with Gasteiger partial charge in [-0.2, -0.15) is 5.26 Å². The molecule has 1 heterocycles. The Bertz CT molecular complexity index is 1590. The summed E-state index contributed by atoms with van der Waals surface area (Å²) in [7, 11) is 0. The van der Waals surface area contributed by atoms with Crippen molar-refractivity contribution in [1.29, 1.82) is 5.26 Å². The smallest absolute Gasteiger partial charge is 0.131 e. The van der Waals surface area contributed by atoms with Crippen molar-refractivity contribution in [2.75, 3.05) is 15.9 Å².